The van der Waals surface area contributed by atoms with Gasteiger partial charge in [-0.25, -0.2) is 9.37 Å². The third kappa shape index (κ3) is 3.61. The molecule has 0 fully saturated rings. The summed E-state index contributed by atoms with van der Waals surface area (Å²) in [5.74, 6) is -0.613. The highest BCUT2D eigenvalue weighted by atomic mass is 19.1. The summed E-state index contributed by atoms with van der Waals surface area (Å²) in [4.78, 5) is 15.3. The van der Waals surface area contributed by atoms with Crippen molar-refractivity contribution < 1.29 is 9.18 Å². The largest absolute Gasteiger partial charge is 0.326 e. The number of hydrogen-bond donors (Lipinski definition) is 1. The van der Waals surface area contributed by atoms with Gasteiger partial charge in [0.25, 0.3) is 5.82 Å². The fraction of sp³-hybridized carbons (Fsp3) is 0.167. The van der Waals surface area contributed by atoms with Crippen molar-refractivity contribution in [2.75, 3.05) is 5.32 Å². The van der Waals surface area contributed by atoms with Crippen LogP contribution < -0.4 is 5.32 Å². The van der Waals surface area contributed by atoms with E-state index >= 15 is 0 Å². The summed E-state index contributed by atoms with van der Waals surface area (Å²) in [6.07, 6.45) is 1.54. The first kappa shape index (κ1) is 12.7. The first-order chi connectivity index (χ1) is 9.17. The van der Waals surface area contributed by atoms with E-state index in [4.69, 9.17) is 5.26 Å². The van der Waals surface area contributed by atoms with Crippen LogP contribution in [0, 0.1) is 17.1 Å². The molecule has 2 rings (SSSR count). The highest BCUT2D eigenvalue weighted by Crippen LogP contribution is 2.09. The van der Waals surface area contributed by atoms with Crippen LogP contribution in [0.25, 0.3) is 0 Å². The molecule has 96 valence electrons. The molecule has 1 aromatic carbocycles. The average molecular weight is 259 g/mol. The van der Waals surface area contributed by atoms with Gasteiger partial charge in [0.05, 0.1) is 6.54 Å². The van der Waals surface area contributed by atoms with Crippen LogP contribution in [0.4, 0.5) is 10.1 Å². The van der Waals surface area contributed by atoms with E-state index in [1.54, 1.807) is 12.1 Å². The molecule has 0 unspecified atom stereocenters. The minimum atomic E-state index is -0.410. The SMILES string of the molecule is N#Cc1ncn(CCC(=O)Nc2cccc(F)c2)n1. The molecule has 1 N–H and O–H groups in total. The highest BCUT2D eigenvalue weighted by Gasteiger charge is 2.05. The molecule has 1 aromatic heterocycles. The molecule has 1 amide bonds. The highest BCUT2D eigenvalue weighted by molar-refractivity contribution is 5.90. The van der Waals surface area contributed by atoms with Crippen molar-refractivity contribution in [3.8, 4) is 6.07 Å². The Morgan fingerprint density at radius 3 is 3.05 bits per heavy atom. The van der Waals surface area contributed by atoms with Gasteiger partial charge in [-0.05, 0) is 18.2 Å². The summed E-state index contributed by atoms with van der Waals surface area (Å²) in [6, 6.07) is 7.45. The Morgan fingerprint density at radius 1 is 1.53 bits per heavy atom. The quantitative estimate of drug-likeness (QED) is 0.897. The Labute approximate surface area is 108 Å². The molecule has 6 nitrogen and oxygen atoms in total. The Bertz CT molecular complexity index is 631. The van der Waals surface area contributed by atoms with Gasteiger partial charge >= 0.3 is 0 Å². The van der Waals surface area contributed by atoms with Crippen molar-refractivity contribution in [2.24, 2.45) is 0 Å². The van der Waals surface area contributed by atoms with E-state index in [2.05, 4.69) is 15.4 Å². The predicted molar refractivity (Wildman–Crippen MR) is 64.4 cm³/mol. The summed E-state index contributed by atoms with van der Waals surface area (Å²) in [6.45, 7) is 0.301. The lowest BCUT2D eigenvalue weighted by molar-refractivity contribution is -0.116. The molecule has 0 aliphatic heterocycles. The van der Waals surface area contributed by atoms with Crippen LogP contribution in [0.3, 0.4) is 0 Å². The van der Waals surface area contributed by atoms with Crippen LogP contribution in [-0.4, -0.2) is 20.7 Å². The number of nitriles is 1. The van der Waals surface area contributed by atoms with Gasteiger partial charge in [0.1, 0.15) is 18.2 Å². The van der Waals surface area contributed by atoms with Crippen LogP contribution in [0.1, 0.15) is 12.2 Å². The van der Waals surface area contributed by atoms with Gasteiger partial charge < -0.3 is 5.32 Å². The van der Waals surface area contributed by atoms with E-state index in [-0.39, 0.29) is 18.2 Å². The van der Waals surface area contributed by atoms with E-state index in [0.717, 1.165) is 0 Å². The van der Waals surface area contributed by atoms with Gasteiger partial charge in [-0.2, -0.15) is 5.26 Å². The number of carbonyl (C=O) groups excluding carboxylic acids is 1. The Morgan fingerprint density at radius 2 is 2.37 bits per heavy atom. The molecule has 0 atom stereocenters. The Hall–Kier alpha value is -2.75. The number of nitrogens with zero attached hydrogens (tertiary/aromatic N) is 4. The molecule has 0 radical (unpaired) electrons. The number of amides is 1. The summed E-state index contributed by atoms with van der Waals surface area (Å²) in [7, 11) is 0. The van der Waals surface area contributed by atoms with E-state index in [9.17, 15) is 9.18 Å². The van der Waals surface area contributed by atoms with Crippen LogP contribution in [-0.2, 0) is 11.3 Å². The maximum absolute atomic E-state index is 12.9. The number of rotatable bonds is 4. The van der Waals surface area contributed by atoms with E-state index < -0.39 is 5.82 Å². The van der Waals surface area contributed by atoms with Crippen LogP contribution in [0.2, 0.25) is 0 Å². The van der Waals surface area contributed by atoms with Crippen molar-refractivity contribution >= 4 is 11.6 Å². The lowest BCUT2D eigenvalue weighted by Crippen LogP contribution is -2.14. The zero-order valence-electron chi connectivity index (χ0n) is 9.88. The van der Waals surface area contributed by atoms with Crippen molar-refractivity contribution in [2.45, 2.75) is 13.0 Å². The fourth-order valence-corrected chi connectivity index (χ4v) is 1.46. The number of carbonyl (C=O) groups is 1. The molecule has 19 heavy (non-hydrogen) atoms. The molecule has 0 aliphatic carbocycles. The number of aromatic nitrogens is 3. The van der Waals surface area contributed by atoms with E-state index in [1.165, 1.54) is 29.2 Å². The summed E-state index contributed by atoms with van der Waals surface area (Å²) in [5.41, 5.74) is 0.404. The first-order valence-electron chi connectivity index (χ1n) is 5.52. The monoisotopic (exact) mass is 259 g/mol. The smallest absolute Gasteiger partial charge is 0.252 e. The van der Waals surface area contributed by atoms with Crippen molar-refractivity contribution in [1.29, 1.82) is 5.26 Å². The van der Waals surface area contributed by atoms with Gasteiger partial charge in [-0.1, -0.05) is 6.07 Å². The van der Waals surface area contributed by atoms with Gasteiger partial charge in [0.15, 0.2) is 0 Å². The van der Waals surface area contributed by atoms with Crippen LogP contribution in [0.15, 0.2) is 30.6 Å². The summed E-state index contributed by atoms with van der Waals surface area (Å²) in [5, 5.41) is 14.9. The molecule has 2 aromatic rings. The zero-order chi connectivity index (χ0) is 13.7. The number of halogens is 1. The Balaban J connectivity index is 1.86. The third-order valence-electron chi connectivity index (χ3n) is 2.31. The van der Waals surface area contributed by atoms with Gasteiger partial charge in [0.2, 0.25) is 5.91 Å². The number of hydrogen-bond acceptors (Lipinski definition) is 4. The minimum Gasteiger partial charge on any atom is -0.326 e. The maximum Gasteiger partial charge on any atom is 0.252 e. The first-order valence-corrected chi connectivity index (χ1v) is 5.52. The second-order valence-corrected chi connectivity index (χ2v) is 3.75. The number of anilines is 1. The predicted octanol–water partition coefficient (Wildman–Crippen LogP) is 1.32. The van der Waals surface area contributed by atoms with Crippen molar-refractivity contribution in [3.05, 3.63) is 42.2 Å². The zero-order valence-corrected chi connectivity index (χ0v) is 9.88. The topological polar surface area (TPSA) is 83.6 Å². The molecular weight excluding hydrogens is 249 g/mol. The normalized spacial score (nSPS) is 9.89. The van der Waals surface area contributed by atoms with Gasteiger partial charge in [-0.15, -0.1) is 5.10 Å². The number of aryl methyl sites for hydroxylation is 1. The van der Waals surface area contributed by atoms with E-state index in [1.807, 2.05) is 0 Å². The molecule has 7 heteroatoms. The minimum absolute atomic E-state index is 0.0607. The molecular formula is C12H10FN5O. The van der Waals surface area contributed by atoms with Crippen molar-refractivity contribution in [3.63, 3.8) is 0 Å². The second kappa shape index (κ2) is 5.73. The number of benzene rings is 1. The molecule has 0 saturated carbocycles. The molecule has 0 saturated heterocycles. The molecule has 0 bridgehead atoms. The average Bonchev–Trinajstić information content (AvgIpc) is 2.84. The summed E-state index contributed by atoms with van der Waals surface area (Å²) >= 11 is 0. The Kier molecular flexibility index (Phi) is 3.83. The third-order valence-corrected chi connectivity index (χ3v) is 2.31. The fourth-order valence-electron chi connectivity index (χ4n) is 1.46. The van der Waals surface area contributed by atoms with Gasteiger partial charge in [0, 0.05) is 12.1 Å². The molecule has 1 heterocycles. The summed E-state index contributed by atoms with van der Waals surface area (Å²) < 4.78 is 14.3. The van der Waals surface area contributed by atoms with Gasteiger partial charge in [-0.3, -0.25) is 9.48 Å². The number of nitrogens with one attached hydrogen (secondary N) is 1. The van der Waals surface area contributed by atoms with E-state index in [0.29, 0.717) is 12.2 Å². The second-order valence-electron chi connectivity index (χ2n) is 3.75. The van der Waals surface area contributed by atoms with Crippen molar-refractivity contribution in [1.82, 2.24) is 14.8 Å². The molecule has 0 spiro atoms. The van der Waals surface area contributed by atoms with Crippen LogP contribution in [0.5, 0.6) is 0 Å². The maximum atomic E-state index is 12.9. The van der Waals surface area contributed by atoms with Crippen LogP contribution >= 0.6 is 0 Å². The molecule has 0 aliphatic rings. The standard InChI is InChI=1S/C12H10FN5O/c13-9-2-1-3-10(6-9)16-12(19)4-5-18-8-15-11(7-14)17-18/h1-3,6,8H,4-5H2,(H,16,19). The lowest BCUT2D eigenvalue weighted by atomic mass is 10.3. The lowest BCUT2D eigenvalue weighted by Gasteiger charge is -2.04.